The molecule has 0 aliphatic carbocycles. The van der Waals surface area contributed by atoms with E-state index in [2.05, 4.69) is 0 Å². The summed E-state index contributed by atoms with van der Waals surface area (Å²) in [4.78, 5) is 0. The predicted octanol–water partition coefficient (Wildman–Crippen LogP) is -4.06. The second-order valence-corrected chi connectivity index (χ2v) is 6.76. The highest BCUT2D eigenvalue weighted by Crippen LogP contribution is 2.30. The van der Waals surface area contributed by atoms with Gasteiger partial charge in [0.05, 0.1) is 19.3 Å². The maximum Gasteiger partial charge on any atom is 0.187 e. The molecule has 0 aromatic heterocycles. The molecule has 2 aliphatic rings. The molecular weight excluding hydrogens is 346 g/mol. The van der Waals surface area contributed by atoms with E-state index < -0.39 is 73.7 Å². The normalized spacial score (nSPS) is 50.0. The number of aliphatic hydroxyl groups is 6. The van der Waals surface area contributed by atoms with E-state index in [0.717, 1.165) is 0 Å². The van der Waals surface area contributed by atoms with Gasteiger partial charge >= 0.3 is 0 Å². The van der Waals surface area contributed by atoms with E-state index in [0.29, 0.717) is 0 Å². The summed E-state index contributed by atoms with van der Waals surface area (Å²) < 4.78 is 16.3. The minimum absolute atomic E-state index is 0.469. The second-order valence-electron chi connectivity index (χ2n) is 5.83. The van der Waals surface area contributed by atoms with Gasteiger partial charge in [-0.15, -0.1) is 11.8 Å². The third-order valence-corrected chi connectivity index (χ3v) is 5.16. The summed E-state index contributed by atoms with van der Waals surface area (Å²) in [6.07, 6.45) is -8.88. The molecule has 0 saturated carbocycles. The summed E-state index contributed by atoms with van der Waals surface area (Å²) in [5, 5.41) is 58.5. The summed E-state index contributed by atoms with van der Waals surface area (Å²) >= 11 is 1.27. The van der Waals surface area contributed by atoms with Crippen LogP contribution < -0.4 is 5.73 Å². The summed E-state index contributed by atoms with van der Waals surface area (Å²) in [6.45, 7) is -1.07. The molecule has 8 N–H and O–H groups in total. The number of nitrogens with two attached hydrogens (primary N) is 1. The average molecular weight is 371 g/mol. The Labute approximate surface area is 143 Å². The fraction of sp³-hybridized carbons (Fsp3) is 1.00. The van der Waals surface area contributed by atoms with E-state index in [9.17, 15) is 30.6 Å². The molecule has 4 unspecified atom stereocenters. The lowest BCUT2D eigenvalue weighted by Crippen LogP contribution is -2.65. The van der Waals surface area contributed by atoms with Crippen molar-refractivity contribution in [2.75, 3.05) is 19.5 Å². The van der Waals surface area contributed by atoms with Crippen molar-refractivity contribution in [3.8, 4) is 0 Å². The monoisotopic (exact) mass is 371 g/mol. The highest BCUT2D eigenvalue weighted by Gasteiger charge is 2.49. The Hall–Kier alpha value is -0.0500. The van der Waals surface area contributed by atoms with E-state index in [4.69, 9.17) is 19.9 Å². The average Bonchev–Trinajstić information content (AvgIpc) is 2.59. The van der Waals surface area contributed by atoms with Gasteiger partial charge in [-0.3, -0.25) is 0 Å². The molecule has 2 rings (SSSR count). The van der Waals surface area contributed by atoms with Crippen LogP contribution in [-0.2, 0) is 14.2 Å². The second kappa shape index (κ2) is 8.56. The third-order valence-electron chi connectivity index (χ3n) is 4.27. The fourth-order valence-corrected chi connectivity index (χ4v) is 3.53. The van der Waals surface area contributed by atoms with E-state index in [1.807, 2.05) is 0 Å². The van der Waals surface area contributed by atoms with Gasteiger partial charge in [0.1, 0.15) is 48.2 Å². The number of ether oxygens (including phenoxy) is 3. The largest absolute Gasteiger partial charge is 0.394 e. The Balaban J connectivity index is 2.12. The Morgan fingerprint density at radius 3 is 2.08 bits per heavy atom. The topological polar surface area (TPSA) is 175 Å². The molecule has 0 spiro atoms. The lowest BCUT2D eigenvalue weighted by atomic mass is 9.97. The fourth-order valence-electron chi connectivity index (χ4n) is 2.80. The molecule has 2 saturated heterocycles. The maximum absolute atomic E-state index is 10.3. The van der Waals surface area contributed by atoms with E-state index in [1.165, 1.54) is 11.8 Å². The summed E-state index contributed by atoms with van der Waals surface area (Å²) in [5.41, 5.74) is 5.34. The molecule has 0 amide bonds. The van der Waals surface area contributed by atoms with Crippen LogP contribution in [0.3, 0.4) is 0 Å². The quantitative estimate of drug-likeness (QED) is 0.250. The zero-order valence-electron chi connectivity index (χ0n) is 13.1. The van der Waals surface area contributed by atoms with Crippen molar-refractivity contribution in [1.29, 1.82) is 0 Å². The predicted molar refractivity (Wildman–Crippen MR) is 81.9 cm³/mol. The molecule has 10 atom stereocenters. The van der Waals surface area contributed by atoms with Crippen molar-refractivity contribution >= 4 is 11.8 Å². The standard InChI is InChI=1S/C13H25NO9S/c1-24-13-6(14)8(18)11(5(3-16)22-13)23-12-10(20)9(19)7(17)4(2-15)21-12/h4-13,15-20H,2-3,14H2,1H3/t4?,5?,6?,7-,8+,9-,10?,11-,12-,13-/m0/s1. The lowest BCUT2D eigenvalue weighted by Gasteiger charge is -2.46. The van der Waals surface area contributed by atoms with Crippen molar-refractivity contribution in [2.45, 2.75) is 60.5 Å². The molecular formula is C13H25NO9S. The van der Waals surface area contributed by atoms with Crippen LogP contribution in [0, 0.1) is 0 Å². The Bertz CT molecular complexity index is 402. The molecule has 2 fully saturated rings. The first kappa shape index (κ1) is 20.3. The van der Waals surface area contributed by atoms with Gasteiger partial charge in [-0.2, -0.15) is 0 Å². The third kappa shape index (κ3) is 3.86. The van der Waals surface area contributed by atoms with Gasteiger partial charge in [-0.05, 0) is 6.26 Å². The van der Waals surface area contributed by atoms with Crippen molar-refractivity contribution < 1.29 is 44.8 Å². The van der Waals surface area contributed by atoms with Crippen molar-refractivity contribution in [2.24, 2.45) is 5.73 Å². The van der Waals surface area contributed by atoms with Gasteiger partial charge in [-0.1, -0.05) is 0 Å². The van der Waals surface area contributed by atoms with Crippen LogP contribution in [0.2, 0.25) is 0 Å². The number of aliphatic hydroxyl groups excluding tert-OH is 6. The summed E-state index contributed by atoms with van der Waals surface area (Å²) in [5.74, 6) is 0. The Morgan fingerprint density at radius 2 is 1.54 bits per heavy atom. The zero-order chi connectivity index (χ0) is 18.0. The molecule has 11 heteroatoms. The van der Waals surface area contributed by atoms with E-state index >= 15 is 0 Å². The van der Waals surface area contributed by atoms with Crippen molar-refractivity contribution in [1.82, 2.24) is 0 Å². The minimum atomic E-state index is -1.62. The van der Waals surface area contributed by atoms with Gasteiger partial charge in [0.25, 0.3) is 0 Å². The molecule has 2 heterocycles. The van der Waals surface area contributed by atoms with Gasteiger partial charge in [0, 0.05) is 0 Å². The molecule has 2 aliphatic heterocycles. The van der Waals surface area contributed by atoms with Crippen LogP contribution in [0.1, 0.15) is 0 Å². The van der Waals surface area contributed by atoms with Crippen LogP contribution in [0.15, 0.2) is 0 Å². The molecule has 0 aromatic carbocycles. The Kier molecular flexibility index (Phi) is 7.22. The lowest BCUT2D eigenvalue weighted by molar-refractivity contribution is -0.332. The van der Waals surface area contributed by atoms with Crippen molar-refractivity contribution in [3.05, 3.63) is 0 Å². The maximum atomic E-state index is 10.3. The van der Waals surface area contributed by atoms with Crippen LogP contribution in [0.4, 0.5) is 0 Å². The number of rotatable bonds is 5. The van der Waals surface area contributed by atoms with E-state index in [1.54, 1.807) is 6.26 Å². The number of hydrogen-bond acceptors (Lipinski definition) is 11. The highest BCUT2D eigenvalue weighted by atomic mass is 32.2. The summed E-state index contributed by atoms with van der Waals surface area (Å²) in [6, 6.07) is -0.808. The van der Waals surface area contributed by atoms with Crippen molar-refractivity contribution in [3.63, 3.8) is 0 Å². The first-order valence-corrected chi connectivity index (χ1v) is 8.83. The molecule has 0 radical (unpaired) electrons. The van der Waals surface area contributed by atoms with Gasteiger partial charge in [0.15, 0.2) is 6.29 Å². The van der Waals surface area contributed by atoms with Crippen LogP contribution in [-0.4, -0.2) is 111 Å². The van der Waals surface area contributed by atoms with Gasteiger partial charge < -0.3 is 50.6 Å². The Morgan fingerprint density at radius 1 is 0.917 bits per heavy atom. The SMILES string of the molecule is CS[C@@H]1OC(CO)[C@H](O[C@@H]2OC(CO)[C@H](O)[C@H](O)C2O)[C@H](O)C1N. The van der Waals surface area contributed by atoms with Crippen LogP contribution in [0.5, 0.6) is 0 Å². The molecule has 10 nitrogen and oxygen atoms in total. The van der Waals surface area contributed by atoms with E-state index in [-0.39, 0.29) is 0 Å². The first-order chi connectivity index (χ1) is 11.3. The molecule has 0 aromatic rings. The first-order valence-electron chi connectivity index (χ1n) is 7.54. The minimum Gasteiger partial charge on any atom is -0.394 e. The highest BCUT2D eigenvalue weighted by molar-refractivity contribution is 7.99. The van der Waals surface area contributed by atoms with Crippen LogP contribution in [0.25, 0.3) is 0 Å². The molecule has 0 bridgehead atoms. The number of thioether (sulfide) groups is 1. The molecule has 24 heavy (non-hydrogen) atoms. The van der Waals surface area contributed by atoms with Crippen LogP contribution >= 0.6 is 11.8 Å². The van der Waals surface area contributed by atoms with Gasteiger partial charge in [-0.25, -0.2) is 0 Å². The zero-order valence-corrected chi connectivity index (χ0v) is 13.9. The summed E-state index contributed by atoms with van der Waals surface area (Å²) in [7, 11) is 0. The molecule has 142 valence electrons. The van der Waals surface area contributed by atoms with Gasteiger partial charge in [0.2, 0.25) is 0 Å². The number of hydrogen-bond donors (Lipinski definition) is 7. The smallest absolute Gasteiger partial charge is 0.187 e.